The molecule has 0 aliphatic carbocycles. The summed E-state index contributed by atoms with van der Waals surface area (Å²) in [5.74, 6) is -11.7. The van der Waals surface area contributed by atoms with E-state index in [4.69, 9.17) is 22.9 Å². The molecule has 20 N–H and O–H groups in total. The number of aromatic hydroxyl groups is 1. The van der Waals surface area contributed by atoms with Crippen LogP contribution in [0.25, 0.3) is 0 Å². The van der Waals surface area contributed by atoms with E-state index in [1.165, 1.54) is 12.1 Å². The van der Waals surface area contributed by atoms with Gasteiger partial charge in [-0.05, 0) is 73.6 Å². The average Bonchev–Trinajstić information content (AvgIpc) is 3.93. The SMILES string of the molecule is CC[C@H](C)[C@H](NC(=O)[C@H](Cc1ccccc1)NC(=O)[C@H](CC(=O)O)NC(=O)[C@H](CC(C)C)NC(=O)[C@@H]1CCCN1C(=O)[C@H](CO)NC(=O)[C@@H](N)Cc1ccc(O)cc1)C(=O)NCC(=O)N[C@@H](CO)C(=O)N[C@@H](CCCN=C(N)N)C(N)=O. The van der Waals surface area contributed by atoms with Crippen molar-refractivity contribution in [2.24, 2.45) is 39.8 Å². The van der Waals surface area contributed by atoms with Crippen LogP contribution in [0.1, 0.15) is 83.8 Å². The number of guanidine groups is 1. The Morgan fingerprint density at radius 3 is 1.83 bits per heavy atom. The minimum atomic E-state index is -1.85. The Labute approximate surface area is 474 Å². The van der Waals surface area contributed by atoms with Gasteiger partial charge in [-0.15, -0.1) is 0 Å². The number of aliphatic hydroxyl groups excluding tert-OH is 2. The number of hydrogen-bond donors (Lipinski definition) is 16. The Bertz CT molecular complexity index is 2550. The van der Waals surface area contributed by atoms with E-state index < -0.39 is 152 Å². The summed E-state index contributed by atoms with van der Waals surface area (Å²) in [6.45, 7) is 4.44. The molecule has 0 spiro atoms. The highest BCUT2D eigenvalue weighted by Gasteiger charge is 2.40. The molecule has 1 aliphatic heterocycles. The van der Waals surface area contributed by atoms with Crippen molar-refractivity contribution in [3.63, 3.8) is 0 Å². The molecule has 0 unspecified atom stereocenters. The summed E-state index contributed by atoms with van der Waals surface area (Å²) < 4.78 is 0. The van der Waals surface area contributed by atoms with E-state index in [2.05, 4.69) is 47.5 Å². The molecular formula is C53H80N14O15. The molecule has 1 aliphatic rings. The molecule has 10 atom stereocenters. The van der Waals surface area contributed by atoms with E-state index in [0.717, 1.165) is 4.90 Å². The fraction of sp³-hybridized carbons (Fsp3) is 0.547. The van der Waals surface area contributed by atoms with Gasteiger partial charge in [0.1, 0.15) is 54.1 Å². The summed E-state index contributed by atoms with van der Waals surface area (Å²) in [5.41, 5.74) is 23.2. The first-order chi connectivity index (χ1) is 38.8. The summed E-state index contributed by atoms with van der Waals surface area (Å²) in [7, 11) is 0. The van der Waals surface area contributed by atoms with Crippen LogP contribution in [0.2, 0.25) is 0 Å². The van der Waals surface area contributed by atoms with Crippen LogP contribution in [0, 0.1) is 11.8 Å². The number of rotatable bonds is 34. The fourth-order valence-electron chi connectivity index (χ4n) is 8.64. The van der Waals surface area contributed by atoms with Gasteiger partial charge in [0.15, 0.2) is 5.96 Å². The Morgan fingerprint density at radius 2 is 1.24 bits per heavy atom. The highest BCUT2D eigenvalue weighted by atomic mass is 16.4. The molecule has 29 nitrogen and oxygen atoms in total. The summed E-state index contributed by atoms with van der Waals surface area (Å²) in [4.78, 5) is 152. The van der Waals surface area contributed by atoms with Crippen LogP contribution in [-0.4, -0.2) is 184 Å². The predicted molar refractivity (Wildman–Crippen MR) is 296 cm³/mol. The number of carboxylic acid groups (broad SMARTS) is 1. The first-order valence-electron chi connectivity index (χ1n) is 26.8. The molecular weight excluding hydrogens is 1070 g/mol. The Balaban J connectivity index is 1.77. The van der Waals surface area contributed by atoms with Crippen molar-refractivity contribution in [1.29, 1.82) is 0 Å². The zero-order chi connectivity index (χ0) is 61.2. The summed E-state index contributed by atoms with van der Waals surface area (Å²) in [5, 5.41) is 59.2. The number of nitrogens with zero attached hydrogens (tertiary/aromatic N) is 2. The van der Waals surface area contributed by atoms with Gasteiger partial charge < -0.3 is 90.8 Å². The Kier molecular flexibility index (Phi) is 28.1. The summed E-state index contributed by atoms with van der Waals surface area (Å²) in [6, 6.07) is 1.48. The van der Waals surface area contributed by atoms with Gasteiger partial charge in [0.25, 0.3) is 0 Å². The highest BCUT2D eigenvalue weighted by Crippen LogP contribution is 2.20. The van der Waals surface area contributed by atoms with Gasteiger partial charge in [-0.3, -0.25) is 57.7 Å². The molecule has 10 amide bonds. The number of likely N-dealkylation sites (tertiary alicyclic amines) is 1. The van der Waals surface area contributed by atoms with Gasteiger partial charge in [-0.2, -0.15) is 0 Å². The van der Waals surface area contributed by atoms with Gasteiger partial charge in [-0.25, -0.2) is 0 Å². The number of carboxylic acids is 1. The smallest absolute Gasteiger partial charge is 0.305 e. The Hall–Kier alpha value is -8.44. The molecule has 0 aromatic heterocycles. The average molecular weight is 1150 g/mol. The van der Waals surface area contributed by atoms with Crippen LogP contribution >= 0.6 is 0 Å². The topological polar surface area (TPSA) is 485 Å². The largest absolute Gasteiger partial charge is 0.508 e. The molecule has 0 saturated carbocycles. The quantitative estimate of drug-likeness (QED) is 0.0177. The van der Waals surface area contributed by atoms with Gasteiger partial charge >= 0.3 is 5.97 Å². The minimum absolute atomic E-state index is 0.00732. The number of carbonyl (C=O) groups is 11. The van der Waals surface area contributed by atoms with Crippen LogP contribution < -0.4 is 65.5 Å². The predicted octanol–water partition coefficient (Wildman–Crippen LogP) is -4.90. The van der Waals surface area contributed by atoms with Gasteiger partial charge in [-0.1, -0.05) is 76.6 Å². The molecule has 1 saturated heterocycles. The maximum Gasteiger partial charge on any atom is 0.305 e. The number of carbonyl (C=O) groups excluding carboxylic acids is 10. The van der Waals surface area contributed by atoms with E-state index in [1.54, 1.807) is 70.2 Å². The van der Waals surface area contributed by atoms with Gasteiger partial charge in [0, 0.05) is 19.5 Å². The molecule has 0 bridgehead atoms. The zero-order valence-electron chi connectivity index (χ0n) is 46.4. The molecule has 452 valence electrons. The van der Waals surface area contributed by atoms with Gasteiger partial charge in [0.05, 0.1) is 32.2 Å². The summed E-state index contributed by atoms with van der Waals surface area (Å²) >= 11 is 0. The third kappa shape index (κ3) is 22.6. The van der Waals surface area contributed by atoms with Crippen molar-refractivity contribution in [1.82, 2.24) is 47.4 Å². The van der Waals surface area contributed by atoms with Crippen LogP contribution in [0.4, 0.5) is 0 Å². The molecule has 2 aromatic carbocycles. The maximum absolute atomic E-state index is 14.3. The second-order valence-corrected chi connectivity index (χ2v) is 20.3. The number of primary amides is 1. The molecule has 1 fully saturated rings. The molecule has 82 heavy (non-hydrogen) atoms. The molecule has 3 rings (SSSR count). The lowest BCUT2D eigenvalue weighted by molar-refractivity contribution is -0.143. The summed E-state index contributed by atoms with van der Waals surface area (Å²) in [6.07, 6.45) is -0.188. The first kappa shape index (κ1) is 67.8. The van der Waals surface area contributed by atoms with Gasteiger partial charge in [0.2, 0.25) is 59.1 Å². The number of aliphatic hydroxyl groups is 2. The third-order valence-corrected chi connectivity index (χ3v) is 13.3. The number of phenolic OH excluding ortho intramolecular Hbond substituents is 1. The van der Waals surface area contributed by atoms with Crippen molar-refractivity contribution in [3.05, 3.63) is 65.7 Å². The van der Waals surface area contributed by atoms with E-state index in [0.29, 0.717) is 24.0 Å². The van der Waals surface area contributed by atoms with E-state index in [9.17, 15) is 73.2 Å². The standard InChI is InChI=1S/C53H80N14O15/c1-5-29(4)43(51(81)59-25-41(71)60-38(26-68)49(79)61-34(44(55)74)13-9-19-58-53(56)57)66-48(78)36(23-30-11-7-6-8-12-30)62-47(77)37(24-42(72)73)63-46(76)35(21-28(2)3)64-50(80)40-14-10-20-67(40)52(82)39(27-69)65-45(75)33(54)22-31-15-17-32(70)18-16-31/h6-8,11-12,15-18,28-29,33-40,43,68-70H,5,9-10,13-14,19-27,54H2,1-4H3,(H2,55,74)(H,59,81)(H,60,71)(H,61,79)(H,62,77)(H,63,76)(H,64,80)(H,65,75)(H,66,78)(H,72,73)(H4,56,57,58)/t29-,33-,34-,35-,36-,37-,38-,39-,40-,43-/m0/s1. The lowest BCUT2D eigenvalue weighted by Crippen LogP contribution is -2.61. The van der Waals surface area contributed by atoms with E-state index in [1.807, 2.05) is 0 Å². The second-order valence-electron chi connectivity index (χ2n) is 20.3. The van der Waals surface area contributed by atoms with Crippen molar-refractivity contribution in [2.45, 2.75) is 140 Å². The maximum atomic E-state index is 14.3. The van der Waals surface area contributed by atoms with Crippen LogP contribution in [0.15, 0.2) is 59.6 Å². The number of amides is 10. The lowest BCUT2D eigenvalue weighted by Gasteiger charge is -2.30. The number of aliphatic carboxylic acids is 1. The number of nitrogens with two attached hydrogens (primary N) is 4. The van der Waals surface area contributed by atoms with Crippen molar-refractivity contribution < 1.29 is 73.2 Å². The normalized spacial score (nSPS) is 16.2. The lowest BCUT2D eigenvalue weighted by atomic mass is 9.97. The molecule has 29 heteroatoms. The van der Waals surface area contributed by atoms with Crippen molar-refractivity contribution in [3.8, 4) is 5.75 Å². The number of nitrogens with one attached hydrogen (secondary N) is 8. The van der Waals surface area contributed by atoms with Crippen LogP contribution in [0.5, 0.6) is 5.75 Å². The van der Waals surface area contributed by atoms with Crippen molar-refractivity contribution >= 4 is 71.0 Å². The number of hydrogen-bond acceptors (Lipinski definition) is 16. The zero-order valence-corrected chi connectivity index (χ0v) is 46.4. The fourth-order valence-corrected chi connectivity index (χ4v) is 8.64. The Morgan fingerprint density at radius 1 is 0.671 bits per heavy atom. The monoisotopic (exact) mass is 1150 g/mol. The van der Waals surface area contributed by atoms with E-state index in [-0.39, 0.29) is 69.2 Å². The van der Waals surface area contributed by atoms with Crippen LogP contribution in [0.3, 0.4) is 0 Å². The highest BCUT2D eigenvalue weighted by molar-refractivity contribution is 5.99. The molecule has 2 aromatic rings. The number of benzene rings is 2. The van der Waals surface area contributed by atoms with E-state index >= 15 is 0 Å². The number of phenols is 1. The first-order valence-corrected chi connectivity index (χ1v) is 26.8. The third-order valence-electron chi connectivity index (χ3n) is 13.3. The van der Waals surface area contributed by atoms with Crippen molar-refractivity contribution in [2.75, 3.05) is 32.8 Å². The number of aliphatic imine (C=N–C) groups is 1. The minimum Gasteiger partial charge on any atom is -0.508 e. The molecule has 0 radical (unpaired) electrons. The molecule has 1 heterocycles. The second kappa shape index (κ2) is 34.0. The van der Waals surface area contributed by atoms with Crippen LogP contribution in [-0.2, 0) is 65.6 Å².